The average Bonchev–Trinajstić information content (AvgIpc) is 2.79. The lowest BCUT2D eigenvalue weighted by molar-refractivity contribution is -0.136. The average molecular weight is 316 g/mol. The number of piperazine rings is 1. The van der Waals surface area contributed by atoms with Gasteiger partial charge in [0.1, 0.15) is 5.82 Å². The molecule has 0 saturated carbocycles. The third-order valence-corrected chi connectivity index (χ3v) is 5.09. The normalized spacial score (nSPS) is 23.7. The van der Waals surface area contributed by atoms with Crippen molar-refractivity contribution in [3.63, 3.8) is 0 Å². The van der Waals surface area contributed by atoms with Crippen molar-refractivity contribution >= 4 is 11.7 Å². The molecule has 0 radical (unpaired) electrons. The van der Waals surface area contributed by atoms with E-state index in [0.29, 0.717) is 5.91 Å². The van der Waals surface area contributed by atoms with Gasteiger partial charge in [-0.05, 0) is 45.5 Å². The summed E-state index contributed by atoms with van der Waals surface area (Å²) < 4.78 is 0. The number of hydrogen-bond donors (Lipinski definition) is 0. The van der Waals surface area contributed by atoms with Gasteiger partial charge in [-0.15, -0.1) is 0 Å². The second-order valence-corrected chi connectivity index (χ2v) is 6.80. The van der Waals surface area contributed by atoms with E-state index in [1.54, 1.807) is 0 Å². The van der Waals surface area contributed by atoms with Crippen LogP contribution in [0.15, 0.2) is 18.2 Å². The smallest absolute Gasteiger partial charge is 0.240 e. The molecule has 3 heterocycles. The summed E-state index contributed by atoms with van der Waals surface area (Å²) in [5.41, 5.74) is 1.04. The Labute approximate surface area is 139 Å². The molecule has 3 rings (SSSR count). The van der Waals surface area contributed by atoms with E-state index >= 15 is 0 Å². The van der Waals surface area contributed by atoms with Gasteiger partial charge in [0.15, 0.2) is 0 Å². The number of aryl methyl sites for hydroxylation is 1. The van der Waals surface area contributed by atoms with Crippen LogP contribution < -0.4 is 4.90 Å². The van der Waals surface area contributed by atoms with E-state index in [1.165, 1.54) is 19.3 Å². The molecule has 2 saturated heterocycles. The fraction of sp³-hybridized carbons (Fsp3) is 0.667. The van der Waals surface area contributed by atoms with Crippen molar-refractivity contribution in [2.75, 3.05) is 44.7 Å². The molecule has 2 fully saturated rings. The summed E-state index contributed by atoms with van der Waals surface area (Å²) in [5.74, 6) is 1.36. The highest BCUT2D eigenvalue weighted by atomic mass is 16.2. The number of anilines is 1. The largest absolute Gasteiger partial charge is 0.353 e. The summed E-state index contributed by atoms with van der Waals surface area (Å²) in [6.45, 7) is 6.42. The second kappa shape index (κ2) is 7.30. The first-order valence-electron chi connectivity index (χ1n) is 8.83. The van der Waals surface area contributed by atoms with Gasteiger partial charge in [-0.2, -0.15) is 0 Å². The molecule has 126 valence electrons. The van der Waals surface area contributed by atoms with Crippen LogP contribution in [0, 0.1) is 6.92 Å². The molecule has 1 aromatic heterocycles. The molecule has 0 aromatic carbocycles. The number of likely N-dealkylation sites (tertiary alicyclic amines) is 1. The molecule has 2 aliphatic rings. The number of carbonyl (C=O) groups is 1. The molecule has 5 heteroatoms. The first kappa shape index (κ1) is 16.2. The van der Waals surface area contributed by atoms with Crippen LogP contribution in [0.5, 0.6) is 0 Å². The topological polar surface area (TPSA) is 39.7 Å². The predicted octanol–water partition coefficient (Wildman–Crippen LogP) is 1.91. The molecule has 2 aliphatic heterocycles. The molecule has 1 atom stereocenters. The number of hydrogen-bond acceptors (Lipinski definition) is 4. The Kier molecular flexibility index (Phi) is 5.16. The van der Waals surface area contributed by atoms with Crippen LogP contribution in [0.25, 0.3) is 0 Å². The van der Waals surface area contributed by atoms with Crippen molar-refractivity contribution in [1.82, 2.24) is 14.8 Å². The fourth-order valence-electron chi connectivity index (χ4n) is 3.64. The van der Waals surface area contributed by atoms with E-state index < -0.39 is 0 Å². The number of pyridine rings is 1. The molecule has 0 N–H and O–H groups in total. The quantitative estimate of drug-likeness (QED) is 0.836. The van der Waals surface area contributed by atoms with Gasteiger partial charge in [0.2, 0.25) is 5.91 Å². The number of nitrogens with zero attached hydrogens (tertiary/aromatic N) is 4. The summed E-state index contributed by atoms with van der Waals surface area (Å²) in [6, 6.07) is 6.21. The third-order valence-electron chi connectivity index (χ3n) is 5.09. The summed E-state index contributed by atoms with van der Waals surface area (Å²) in [7, 11) is 2.10. The summed E-state index contributed by atoms with van der Waals surface area (Å²) in [6.07, 6.45) is 4.65. The number of amides is 1. The standard InChI is InChI=1S/C18H28N4O/c1-15-7-6-9-17(19-15)21-11-13-22(14-12-21)18(23)16-8-4-3-5-10-20(16)2/h6-7,9,16H,3-5,8,10-14H2,1-2H3/t16-/m1/s1. The van der Waals surface area contributed by atoms with E-state index in [4.69, 9.17) is 0 Å². The zero-order chi connectivity index (χ0) is 16.2. The summed E-state index contributed by atoms with van der Waals surface area (Å²) in [4.78, 5) is 24.1. The van der Waals surface area contributed by atoms with Gasteiger partial charge in [0, 0.05) is 31.9 Å². The highest BCUT2D eigenvalue weighted by Crippen LogP contribution is 2.19. The Morgan fingerprint density at radius 1 is 1.09 bits per heavy atom. The number of carbonyl (C=O) groups excluding carboxylic acids is 1. The van der Waals surface area contributed by atoms with Crippen LogP contribution in [0.4, 0.5) is 5.82 Å². The van der Waals surface area contributed by atoms with E-state index in [2.05, 4.69) is 38.9 Å². The Bertz CT molecular complexity index is 540. The Morgan fingerprint density at radius 3 is 2.61 bits per heavy atom. The maximum Gasteiger partial charge on any atom is 0.240 e. The van der Waals surface area contributed by atoms with Crippen LogP contribution >= 0.6 is 0 Å². The molecular weight excluding hydrogens is 288 g/mol. The number of likely N-dealkylation sites (N-methyl/N-ethyl adjacent to an activating group) is 1. The number of rotatable bonds is 2. The zero-order valence-electron chi connectivity index (χ0n) is 14.4. The molecule has 0 aliphatic carbocycles. The Hall–Kier alpha value is -1.62. The fourth-order valence-corrected chi connectivity index (χ4v) is 3.64. The Balaban J connectivity index is 1.58. The van der Waals surface area contributed by atoms with Crippen molar-refractivity contribution in [2.24, 2.45) is 0 Å². The van der Waals surface area contributed by atoms with Crippen LogP contribution in [0.1, 0.15) is 31.4 Å². The van der Waals surface area contributed by atoms with Crippen LogP contribution in [-0.2, 0) is 4.79 Å². The van der Waals surface area contributed by atoms with E-state index in [-0.39, 0.29) is 6.04 Å². The van der Waals surface area contributed by atoms with Crippen LogP contribution in [-0.4, -0.2) is 66.5 Å². The van der Waals surface area contributed by atoms with Crippen molar-refractivity contribution in [3.05, 3.63) is 23.9 Å². The zero-order valence-corrected chi connectivity index (χ0v) is 14.4. The monoisotopic (exact) mass is 316 g/mol. The molecule has 0 bridgehead atoms. The maximum atomic E-state index is 12.9. The van der Waals surface area contributed by atoms with Gasteiger partial charge in [-0.3, -0.25) is 9.69 Å². The lowest BCUT2D eigenvalue weighted by Crippen LogP contribution is -2.54. The minimum Gasteiger partial charge on any atom is -0.353 e. The van der Waals surface area contributed by atoms with Gasteiger partial charge < -0.3 is 9.80 Å². The highest BCUT2D eigenvalue weighted by Gasteiger charge is 2.30. The predicted molar refractivity (Wildman–Crippen MR) is 92.7 cm³/mol. The first-order chi connectivity index (χ1) is 11.1. The van der Waals surface area contributed by atoms with Gasteiger partial charge >= 0.3 is 0 Å². The molecule has 1 amide bonds. The lowest BCUT2D eigenvalue weighted by Gasteiger charge is -2.38. The summed E-state index contributed by atoms with van der Waals surface area (Å²) >= 11 is 0. The summed E-state index contributed by atoms with van der Waals surface area (Å²) in [5, 5.41) is 0. The van der Waals surface area contributed by atoms with Crippen LogP contribution in [0.3, 0.4) is 0 Å². The van der Waals surface area contributed by atoms with E-state index in [0.717, 1.165) is 50.7 Å². The van der Waals surface area contributed by atoms with E-state index in [1.807, 2.05) is 13.0 Å². The van der Waals surface area contributed by atoms with Crippen molar-refractivity contribution < 1.29 is 4.79 Å². The van der Waals surface area contributed by atoms with E-state index in [9.17, 15) is 4.79 Å². The van der Waals surface area contributed by atoms with Crippen molar-refractivity contribution in [2.45, 2.75) is 38.6 Å². The minimum absolute atomic E-state index is 0.0844. The van der Waals surface area contributed by atoms with Gasteiger partial charge in [0.25, 0.3) is 0 Å². The molecule has 1 aromatic rings. The SMILES string of the molecule is Cc1cccc(N2CCN(C(=O)[C@H]3CCCCCN3C)CC2)n1. The van der Waals surface area contributed by atoms with Gasteiger partial charge in [-0.25, -0.2) is 4.98 Å². The third kappa shape index (κ3) is 3.83. The Morgan fingerprint density at radius 2 is 1.87 bits per heavy atom. The minimum atomic E-state index is 0.0844. The number of aromatic nitrogens is 1. The lowest BCUT2D eigenvalue weighted by atomic mass is 10.1. The molecule has 0 unspecified atom stereocenters. The maximum absolute atomic E-state index is 12.9. The van der Waals surface area contributed by atoms with Gasteiger partial charge in [-0.1, -0.05) is 18.9 Å². The highest BCUT2D eigenvalue weighted by molar-refractivity contribution is 5.82. The van der Waals surface area contributed by atoms with Crippen molar-refractivity contribution in [1.29, 1.82) is 0 Å². The molecule has 23 heavy (non-hydrogen) atoms. The van der Waals surface area contributed by atoms with Gasteiger partial charge in [0.05, 0.1) is 6.04 Å². The van der Waals surface area contributed by atoms with Crippen LogP contribution in [0.2, 0.25) is 0 Å². The van der Waals surface area contributed by atoms with Crippen molar-refractivity contribution in [3.8, 4) is 0 Å². The molecule has 5 nitrogen and oxygen atoms in total. The molecular formula is C18H28N4O. The molecule has 0 spiro atoms. The second-order valence-electron chi connectivity index (χ2n) is 6.80. The first-order valence-corrected chi connectivity index (χ1v) is 8.83.